The van der Waals surface area contributed by atoms with Crippen molar-refractivity contribution in [1.82, 2.24) is 15.2 Å². The number of nitrogens with zero attached hydrogens (tertiary/aromatic N) is 3. The minimum atomic E-state index is -0.0817. The van der Waals surface area contributed by atoms with Crippen molar-refractivity contribution in [3.05, 3.63) is 58.7 Å². The van der Waals surface area contributed by atoms with E-state index in [9.17, 15) is 4.79 Å². The molecule has 1 N–H and O–H groups in total. The second kappa shape index (κ2) is 8.52. The third-order valence-electron chi connectivity index (χ3n) is 4.74. The van der Waals surface area contributed by atoms with E-state index < -0.39 is 0 Å². The van der Waals surface area contributed by atoms with E-state index in [1.54, 1.807) is 18.3 Å². The number of aromatic nitrogens is 1. The van der Waals surface area contributed by atoms with Gasteiger partial charge >= 0.3 is 0 Å². The molecule has 6 heteroatoms. The Morgan fingerprint density at radius 3 is 2.73 bits per heavy atom. The molecule has 1 aromatic carbocycles. The molecule has 26 heavy (non-hydrogen) atoms. The summed E-state index contributed by atoms with van der Waals surface area (Å²) >= 11 is 6.18. The maximum Gasteiger partial charge on any atom is 0.251 e. The second-order valence-corrected chi connectivity index (χ2v) is 7.26. The number of pyridine rings is 1. The fourth-order valence-corrected chi connectivity index (χ4v) is 3.52. The van der Waals surface area contributed by atoms with Crippen molar-refractivity contribution in [1.29, 1.82) is 0 Å². The quantitative estimate of drug-likeness (QED) is 0.844. The molecule has 2 aromatic rings. The van der Waals surface area contributed by atoms with Crippen LogP contribution in [0, 0.1) is 0 Å². The van der Waals surface area contributed by atoms with Gasteiger partial charge in [-0.2, -0.15) is 0 Å². The van der Waals surface area contributed by atoms with Gasteiger partial charge in [-0.05, 0) is 55.8 Å². The van der Waals surface area contributed by atoms with Gasteiger partial charge in [-0.1, -0.05) is 23.7 Å². The molecule has 1 saturated heterocycles. The van der Waals surface area contributed by atoms with Gasteiger partial charge in [-0.25, -0.2) is 4.98 Å². The highest BCUT2D eigenvalue weighted by Crippen LogP contribution is 2.26. The average molecular weight is 373 g/mol. The molecular weight excluding hydrogens is 348 g/mol. The summed E-state index contributed by atoms with van der Waals surface area (Å²) < 4.78 is 0. The highest BCUT2D eigenvalue weighted by molar-refractivity contribution is 6.30. The molecule has 5 nitrogen and oxygen atoms in total. The predicted octanol–water partition coefficient (Wildman–Crippen LogP) is 3.37. The Bertz CT molecular complexity index is 759. The molecule has 0 aliphatic carbocycles. The molecule has 1 unspecified atom stereocenters. The van der Waals surface area contributed by atoms with E-state index in [4.69, 9.17) is 11.6 Å². The molecule has 1 aliphatic rings. The van der Waals surface area contributed by atoms with E-state index in [0.717, 1.165) is 29.5 Å². The minimum absolute atomic E-state index is 0.0817. The largest absolute Gasteiger partial charge is 0.363 e. The lowest BCUT2D eigenvalue weighted by atomic mass is 10.1. The van der Waals surface area contributed by atoms with Crippen LogP contribution in [0.2, 0.25) is 5.02 Å². The van der Waals surface area contributed by atoms with Crippen molar-refractivity contribution in [2.75, 3.05) is 38.6 Å². The number of nitrogens with one attached hydrogen (secondary N) is 1. The summed E-state index contributed by atoms with van der Waals surface area (Å²) in [7, 11) is 3.82. The number of carbonyl (C=O) groups is 1. The molecule has 1 aliphatic heterocycles. The van der Waals surface area contributed by atoms with Crippen LogP contribution in [0.25, 0.3) is 0 Å². The van der Waals surface area contributed by atoms with Crippen molar-refractivity contribution in [3.8, 4) is 0 Å². The average Bonchev–Trinajstić information content (AvgIpc) is 3.16. The van der Waals surface area contributed by atoms with E-state index in [1.807, 2.05) is 37.2 Å². The zero-order valence-corrected chi connectivity index (χ0v) is 16.0. The first-order valence-corrected chi connectivity index (χ1v) is 9.33. The second-order valence-electron chi connectivity index (χ2n) is 6.82. The van der Waals surface area contributed by atoms with Gasteiger partial charge in [0, 0.05) is 37.4 Å². The van der Waals surface area contributed by atoms with Crippen LogP contribution in [0.15, 0.2) is 42.6 Å². The first kappa shape index (κ1) is 18.7. The lowest BCUT2D eigenvalue weighted by Crippen LogP contribution is -2.36. The van der Waals surface area contributed by atoms with Gasteiger partial charge < -0.3 is 10.2 Å². The molecule has 1 amide bonds. The van der Waals surface area contributed by atoms with Crippen molar-refractivity contribution in [2.45, 2.75) is 18.9 Å². The molecule has 0 radical (unpaired) electrons. The van der Waals surface area contributed by atoms with Crippen LogP contribution >= 0.6 is 11.6 Å². The fraction of sp³-hybridized carbons (Fsp3) is 0.400. The molecule has 0 spiro atoms. The molecule has 138 valence electrons. The van der Waals surface area contributed by atoms with Crippen molar-refractivity contribution in [2.24, 2.45) is 0 Å². The number of rotatable bonds is 6. The fourth-order valence-electron chi connectivity index (χ4n) is 3.32. The normalized spacial score (nSPS) is 15.7. The van der Waals surface area contributed by atoms with Gasteiger partial charge in [-0.15, -0.1) is 0 Å². The third-order valence-corrected chi connectivity index (χ3v) is 4.97. The van der Waals surface area contributed by atoms with Gasteiger partial charge in [0.2, 0.25) is 0 Å². The molecule has 1 fully saturated rings. The summed E-state index contributed by atoms with van der Waals surface area (Å²) in [5.74, 6) is 0.685. The van der Waals surface area contributed by atoms with Crippen molar-refractivity contribution >= 4 is 23.3 Å². The molecule has 2 heterocycles. The monoisotopic (exact) mass is 372 g/mol. The summed E-state index contributed by atoms with van der Waals surface area (Å²) in [6.45, 7) is 2.65. The SMILES string of the molecule is CN(C)c1cc(C(=O)NCC(c2cccc(Cl)c2)N2CCCC2)ccn1. The first-order chi connectivity index (χ1) is 12.5. The number of hydrogen-bond donors (Lipinski definition) is 1. The van der Waals surface area contributed by atoms with Gasteiger partial charge in [0.15, 0.2) is 0 Å². The van der Waals surface area contributed by atoms with E-state index in [1.165, 1.54) is 12.8 Å². The number of benzene rings is 1. The first-order valence-electron chi connectivity index (χ1n) is 8.95. The van der Waals surface area contributed by atoms with Gasteiger partial charge in [-0.3, -0.25) is 9.69 Å². The Morgan fingerprint density at radius 2 is 2.04 bits per heavy atom. The van der Waals surface area contributed by atoms with Crippen molar-refractivity contribution < 1.29 is 4.79 Å². The van der Waals surface area contributed by atoms with Crippen LogP contribution in [0.4, 0.5) is 5.82 Å². The zero-order chi connectivity index (χ0) is 18.5. The minimum Gasteiger partial charge on any atom is -0.363 e. The predicted molar refractivity (Wildman–Crippen MR) is 106 cm³/mol. The van der Waals surface area contributed by atoms with Crippen LogP contribution in [0.5, 0.6) is 0 Å². The van der Waals surface area contributed by atoms with Crippen LogP contribution in [0.1, 0.15) is 34.8 Å². The Morgan fingerprint density at radius 1 is 1.27 bits per heavy atom. The van der Waals surface area contributed by atoms with Crippen LogP contribution < -0.4 is 10.2 Å². The van der Waals surface area contributed by atoms with Gasteiger partial charge in [0.1, 0.15) is 5.82 Å². The third kappa shape index (κ3) is 4.54. The Kier molecular flexibility index (Phi) is 6.12. The molecule has 0 saturated carbocycles. The van der Waals surface area contributed by atoms with Crippen LogP contribution in [-0.4, -0.2) is 49.5 Å². The van der Waals surface area contributed by atoms with E-state index in [0.29, 0.717) is 12.1 Å². The summed E-state index contributed by atoms with van der Waals surface area (Å²) in [5.41, 5.74) is 1.76. The van der Waals surface area contributed by atoms with Gasteiger partial charge in [0.05, 0.1) is 6.04 Å². The zero-order valence-electron chi connectivity index (χ0n) is 15.3. The maximum absolute atomic E-state index is 12.6. The Balaban J connectivity index is 1.73. The number of anilines is 1. The molecule has 1 atom stereocenters. The number of halogens is 1. The topological polar surface area (TPSA) is 48.5 Å². The van der Waals surface area contributed by atoms with Gasteiger partial charge in [0.25, 0.3) is 5.91 Å². The van der Waals surface area contributed by atoms with E-state index >= 15 is 0 Å². The lowest BCUT2D eigenvalue weighted by molar-refractivity contribution is 0.0938. The number of amides is 1. The summed E-state index contributed by atoms with van der Waals surface area (Å²) in [6, 6.07) is 11.6. The Labute approximate surface area is 160 Å². The summed E-state index contributed by atoms with van der Waals surface area (Å²) in [5, 5.41) is 3.81. The van der Waals surface area contributed by atoms with E-state index in [-0.39, 0.29) is 11.9 Å². The number of hydrogen-bond acceptors (Lipinski definition) is 4. The van der Waals surface area contributed by atoms with Crippen molar-refractivity contribution in [3.63, 3.8) is 0 Å². The van der Waals surface area contributed by atoms with Crippen LogP contribution in [-0.2, 0) is 0 Å². The number of likely N-dealkylation sites (tertiary alicyclic amines) is 1. The van der Waals surface area contributed by atoms with E-state index in [2.05, 4.69) is 21.3 Å². The number of carbonyl (C=O) groups excluding carboxylic acids is 1. The molecule has 1 aromatic heterocycles. The highest BCUT2D eigenvalue weighted by Gasteiger charge is 2.24. The standard InChI is InChI=1S/C20H25ClN4O/c1-24(2)19-13-16(8-9-22-19)20(26)23-14-18(25-10-3-4-11-25)15-6-5-7-17(21)12-15/h5-9,12-13,18H,3-4,10-11,14H2,1-2H3,(H,23,26). The smallest absolute Gasteiger partial charge is 0.251 e. The molecular formula is C20H25ClN4O. The summed E-state index contributed by atoms with van der Waals surface area (Å²) in [6.07, 6.45) is 4.06. The highest BCUT2D eigenvalue weighted by atomic mass is 35.5. The lowest BCUT2D eigenvalue weighted by Gasteiger charge is -2.28. The Hall–Kier alpha value is -2.11. The molecule has 3 rings (SSSR count). The summed E-state index contributed by atoms with van der Waals surface area (Å²) in [4.78, 5) is 21.2. The van der Waals surface area contributed by atoms with Crippen LogP contribution in [0.3, 0.4) is 0 Å². The maximum atomic E-state index is 12.6. The molecule has 0 bridgehead atoms.